The van der Waals surface area contributed by atoms with Crippen molar-refractivity contribution < 1.29 is 27.5 Å². The third-order valence-electron chi connectivity index (χ3n) is 6.62. The second kappa shape index (κ2) is 12.6. The van der Waals surface area contributed by atoms with Crippen LogP contribution in [0.2, 0.25) is 5.02 Å². The van der Waals surface area contributed by atoms with Gasteiger partial charge in [0.05, 0.1) is 34.1 Å². The molecular formula is C31H35ClN4O6S. The number of carbonyl (C=O) groups is 3. The van der Waals surface area contributed by atoms with E-state index >= 15 is 0 Å². The number of nitrogens with zero attached hydrogens (tertiary/aromatic N) is 2. The van der Waals surface area contributed by atoms with Crippen LogP contribution in [0, 0.1) is 0 Å². The second-order valence-corrected chi connectivity index (χ2v) is 13.9. The summed E-state index contributed by atoms with van der Waals surface area (Å²) in [7, 11) is -0.754. The molecule has 0 fully saturated rings. The lowest BCUT2D eigenvalue weighted by Gasteiger charge is -2.28. The number of nitrogens with one attached hydrogen (secondary N) is 2. The number of halogens is 1. The molecule has 1 aliphatic rings. The van der Waals surface area contributed by atoms with E-state index in [2.05, 4.69) is 10.6 Å². The van der Waals surface area contributed by atoms with Crippen LogP contribution >= 0.6 is 11.6 Å². The molecule has 0 radical (unpaired) electrons. The van der Waals surface area contributed by atoms with Crippen molar-refractivity contribution >= 4 is 50.7 Å². The van der Waals surface area contributed by atoms with Gasteiger partial charge in [0.1, 0.15) is 11.6 Å². The Morgan fingerprint density at radius 2 is 1.67 bits per heavy atom. The third-order valence-corrected chi connectivity index (χ3v) is 8.64. The van der Waals surface area contributed by atoms with Gasteiger partial charge in [-0.25, -0.2) is 13.2 Å². The molecule has 10 nitrogen and oxygen atoms in total. The Morgan fingerprint density at radius 3 is 2.28 bits per heavy atom. The summed E-state index contributed by atoms with van der Waals surface area (Å²) in [5.74, 6) is -1.81. The molecule has 0 spiro atoms. The van der Waals surface area contributed by atoms with Crippen LogP contribution in [-0.2, 0) is 32.5 Å². The molecule has 1 aliphatic heterocycles. The fourth-order valence-corrected chi connectivity index (χ4v) is 6.37. The summed E-state index contributed by atoms with van der Waals surface area (Å²) in [4.78, 5) is 43.0. The molecule has 12 heteroatoms. The molecule has 43 heavy (non-hydrogen) atoms. The molecule has 1 atom stereocenters. The largest absolute Gasteiger partial charge is 0.444 e. The highest BCUT2D eigenvalue weighted by Crippen LogP contribution is 2.37. The number of amides is 3. The van der Waals surface area contributed by atoms with E-state index in [1.165, 1.54) is 17.0 Å². The highest BCUT2D eigenvalue weighted by molar-refractivity contribution is 7.91. The first-order valence-electron chi connectivity index (χ1n) is 13.6. The zero-order chi connectivity index (χ0) is 31.5. The van der Waals surface area contributed by atoms with Crippen molar-refractivity contribution in [2.75, 3.05) is 29.6 Å². The SMILES string of the molecule is CN(C)c1cc2c(cc1C(=O)NCc1ccccc1)N(Cc1ccc(Cl)cc1)C(=O)[C@@H](NC(=O)OC(C)(C)C)CS2(=O)=O. The topological polar surface area (TPSA) is 125 Å². The summed E-state index contributed by atoms with van der Waals surface area (Å²) < 4.78 is 33.0. The van der Waals surface area contributed by atoms with E-state index in [0.717, 1.165) is 5.56 Å². The molecule has 0 saturated heterocycles. The average Bonchev–Trinajstić information content (AvgIpc) is 3.00. The van der Waals surface area contributed by atoms with Gasteiger partial charge in [-0.3, -0.25) is 9.59 Å². The van der Waals surface area contributed by atoms with Gasteiger partial charge >= 0.3 is 6.09 Å². The number of alkyl carbamates (subject to hydrolysis) is 1. The second-order valence-electron chi connectivity index (χ2n) is 11.4. The first-order chi connectivity index (χ1) is 20.1. The fraction of sp³-hybridized carbons (Fsp3) is 0.323. The normalized spacial score (nSPS) is 16.1. The molecule has 1 heterocycles. The van der Waals surface area contributed by atoms with Crippen molar-refractivity contribution in [3.05, 3.63) is 88.4 Å². The van der Waals surface area contributed by atoms with Gasteiger partial charge in [-0.15, -0.1) is 0 Å². The standard InChI is InChI=1S/C31H35ClN4O6S/c1-31(2,3)42-30(39)34-24-19-43(40,41)27-16-25(35(4)5)23(28(37)33-17-20-9-7-6-8-10-20)15-26(27)36(29(24)38)18-21-11-13-22(32)14-12-21/h6-16,24H,17-19H2,1-5H3,(H,33,37)(H,34,39)/t24-/m0/s1. The van der Waals surface area contributed by atoms with Gasteiger partial charge < -0.3 is 25.2 Å². The molecule has 3 amide bonds. The third kappa shape index (κ3) is 7.85. The number of hydrogen-bond acceptors (Lipinski definition) is 7. The number of hydrogen-bond donors (Lipinski definition) is 2. The van der Waals surface area contributed by atoms with Crippen LogP contribution in [0.5, 0.6) is 0 Å². The van der Waals surface area contributed by atoms with Gasteiger partial charge in [0.15, 0.2) is 9.84 Å². The predicted molar refractivity (Wildman–Crippen MR) is 166 cm³/mol. The van der Waals surface area contributed by atoms with Gasteiger partial charge in [0.25, 0.3) is 11.8 Å². The highest BCUT2D eigenvalue weighted by Gasteiger charge is 2.40. The molecule has 0 aliphatic carbocycles. The minimum absolute atomic E-state index is 0.0314. The minimum Gasteiger partial charge on any atom is -0.444 e. The van der Waals surface area contributed by atoms with E-state index < -0.39 is 45.1 Å². The van der Waals surface area contributed by atoms with Gasteiger partial charge in [-0.2, -0.15) is 0 Å². The number of rotatable bonds is 7. The summed E-state index contributed by atoms with van der Waals surface area (Å²) in [5, 5.41) is 5.83. The zero-order valence-corrected chi connectivity index (χ0v) is 26.3. The van der Waals surface area contributed by atoms with Gasteiger partial charge in [0.2, 0.25) is 0 Å². The Hall–Kier alpha value is -4.09. The van der Waals surface area contributed by atoms with E-state index in [1.54, 1.807) is 64.0 Å². The minimum atomic E-state index is -4.15. The Balaban J connectivity index is 1.82. The van der Waals surface area contributed by atoms with Crippen molar-refractivity contribution in [2.24, 2.45) is 0 Å². The highest BCUT2D eigenvalue weighted by atomic mass is 35.5. The summed E-state index contributed by atoms with van der Waals surface area (Å²) >= 11 is 6.07. The predicted octanol–water partition coefficient (Wildman–Crippen LogP) is 4.55. The van der Waals surface area contributed by atoms with E-state index in [0.29, 0.717) is 16.3 Å². The summed E-state index contributed by atoms with van der Waals surface area (Å²) in [6.45, 7) is 5.19. The number of fused-ring (bicyclic) bond motifs is 1. The quantitative estimate of drug-likeness (QED) is 0.394. The van der Waals surface area contributed by atoms with Crippen molar-refractivity contribution in [3.8, 4) is 0 Å². The monoisotopic (exact) mass is 626 g/mol. The molecule has 3 aromatic carbocycles. The van der Waals surface area contributed by atoms with Crippen LogP contribution < -0.4 is 20.4 Å². The van der Waals surface area contributed by atoms with Crippen LogP contribution in [0.3, 0.4) is 0 Å². The number of anilines is 2. The zero-order valence-electron chi connectivity index (χ0n) is 24.7. The molecule has 3 aromatic rings. The van der Waals surface area contributed by atoms with E-state index in [4.69, 9.17) is 16.3 Å². The Kier molecular flexibility index (Phi) is 9.36. The molecule has 0 saturated carbocycles. The van der Waals surface area contributed by atoms with Crippen molar-refractivity contribution in [1.29, 1.82) is 0 Å². The van der Waals surface area contributed by atoms with Crippen LogP contribution in [0.1, 0.15) is 42.3 Å². The Morgan fingerprint density at radius 1 is 1.02 bits per heavy atom. The van der Waals surface area contributed by atoms with Gasteiger partial charge in [0, 0.05) is 25.7 Å². The van der Waals surface area contributed by atoms with Crippen LogP contribution in [0.15, 0.2) is 71.6 Å². The van der Waals surface area contributed by atoms with Gasteiger partial charge in [-0.1, -0.05) is 54.1 Å². The maximum Gasteiger partial charge on any atom is 0.408 e. The fourth-order valence-electron chi connectivity index (χ4n) is 4.62. The average molecular weight is 627 g/mol. The lowest BCUT2D eigenvalue weighted by Crippen LogP contribution is -2.51. The van der Waals surface area contributed by atoms with Gasteiger partial charge in [-0.05, 0) is 56.2 Å². The number of carbonyl (C=O) groups excluding carboxylic acids is 3. The maximum absolute atomic E-state index is 14.0. The smallest absolute Gasteiger partial charge is 0.408 e. The summed E-state index contributed by atoms with van der Waals surface area (Å²) in [5.41, 5.74) is 1.24. The van der Waals surface area contributed by atoms with E-state index in [1.807, 2.05) is 30.3 Å². The number of sulfone groups is 1. The molecular weight excluding hydrogens is 592 g/mol. The van der Waals surface area contributed by atoms with Crippen LogP contribution in [0.4, 0.5) is 16.2 Å². The molecule has 4 rings (SSSR count). The van der Waals surface area contributed by atoms with E-state index in [9.17, 15) is 22.8 Å². The van der Waals surface area contributed by atoms with Crippen LogP contribution in [-0.4, -0.2) is 57.8 Å². The molecule has 228 valence electrons. The number of ether oxygens (including phenoxy) is 1. The first kappa shape index (κ1) is 31.8. The van der Waals surface area contributed by atoms with E-state index in [-0.39, 0.29) is 29.2 Å². The van der Waals surface area contributed by atoms with Crippen LogP contribution in [0.25, 0.3) is 0 Å². The number of benzene rings is 3. The maximum atomic E-state index is 14.0. The molecule has 0 bridgehead atoms. The summed E-state index contributed by atoms with van der Waals surface area (Å²) in [6, 6.07) is 17.5. The first-order valence-corrected chi connectivity index (χ1v) is 15.6. The van der Waals surface area contributed by atoms with Crippen molar-refractivity contribution in [1.82, 2.24) is 10.6 Å². The van der Waals surface area contributed by atoms with Crippen molar-refractivity contribution in [3.63, 3.8) is 0 Å². The summed E-state index contributed by atoms with van der Waals surface area (Å²) in [6.07, 6.45) is -0.923. The molecule has 0 unspecified atom stereocenters. The van der Waals surface area contributed by atoms with Crippen molar-refractivity contribution in [2.45, 2.75) is 50.4 Å². The Bertz CT molecular complexity index is 1620. The lowest BCUT2D eigenvalue weighted by atomic mass is 10.1. The lowest BCUT2D eigenvalue weighted by molar-refractivity contribution is -0.120. The molecule has 0 aromatic heterocycles. The Labute approximate surface area is 256 Å². The molecule has 2 N–H and O–H groups in total.